The number of esters is 1. The van der Waals surface area contributed by atoms with Gasteiger partial charge < -0.3 is 24.8 Å². The fourth-order valence-electron chi connectivity index (χ4n) is 2.82. The zero-order valence-corrected chi connectivity index (χ0v) is 16.4. The first-order valence-electron chi connectivity index (χ1n) is 8.41. The summed E-state index contributed by atoms with van der Waals surface area (Å²) in [6.07, 6.45) is 0.774. The van der Waals surface area contributed by atoms with E-state index in [4.69, 9.17) is 14.2 Å². The number of halogens is 1. The van der Waals surface area contributed by atoms with E-state index >= 15 is 0 Å². The maximum atomic E-state index is 12.7. The Bertz CT molecular complexity index is 775. The van der Waals surface area contributed by atoms with Gasteiger partial charge in [0.25, 0.3) is 0 Å². The van der Waals surface area contributed by atoms with Crippen molar-refractivity contribution in [1.82, 2.24) is 10.6 Å². The molecule has 26 heavy (non-hydrogen) atoms. The highest BCUT2D eigenvalue weighted by Crippen LogP contribution is 2.41. The van der Waals surface area contributed by atoms with E-state index in [-0.39, 0.29) is 12.8 Å². The third kappa shape index (κ3) is 3.80. The molecule has 0 radical (unpaired) electrons. The number of rotatable bonds is 5. The lowest BCUT2D eigenvalue weighted by atomic mass is 9.95. The Morgan fingerprint density at radius 3 is 2.73 bits per heavy atom. The Hall–Kier alpha value is -2.22. The normalized spacial score (nSPS) is 18.7. The van der Waals surface area contributed by atoms with Crippen LogP contribution in [0.25, 0.3) is 0 Å². The number of carbonyl (C=O) groups excluding carboxylic acids is 2. The molecule has 2 aliphatic heterocycles. The quantitative estimate of drug-likeness (QED) is 0.707. The van der Waals surface area contributed by atoms with Crippen LogP contribution >= 0.6 is 15.9 Å². The van der Waals surface area contributed by atoms with Gasteiger partial charge in [0.1, 0.15) is 0 Å². The number of urea groups is 1. The van der Waals surface area contributed by atoms with E-state index in [1.165, 1.54) is 0 Å². The van der Waals surface area contributed by atoms with Gasteiger partial charge in [0.2, 0.25) is 6.79 Å². The van der Waals surface area contributed by atoms with Crippen LogP contribution in [0, 0.1) is 5.92 Å². The molecule has 1 aromatic carbocycles. The number of amides is 2. The summed E-state index contributed by atoms with van der Waals surface area (Å²) in [7, 11) is 0. The van der Waals surface area contributed by atoms with Crippen LogP contribution in [-0.2, 0) is 9.53 Å². The second-order valence-electron chi connectivity index (χ2n) is 6.62. The summed E-state index contributed by atoms with van der Waals surface area (Å²) in [6.45, 7) is 6.28. The Morgan fingerprint density at radius 2 is 2.04 bits per heavy atom. The van der Waals surface area contributed by atoms with E-state index in [0.717, 1.165) is 6.42 Å². The van der Waals surface area contributed by atoms with E-state index in [1.54, 1.807) is 19.1 Å². The van der Waals surface area contributed by atoms with E-state index in [0.29, 0.717) is 45.3 Å². The van der Waals surface area contributed by atoms with Crippen LogP contribution < -0.4 is 20.1 Å². The third-order valence-corrected chi connectivity index (χ3v) is 4.91. The zero-order valence-electron chi connectivity index (χ0n) is 14.8. The molecule has 0 bridgehead atoms. The van der Waals surface area contributed by atoms with Crippen LogP contribution in [0.3, 0.4) is 0 Å². The molecule has 3 rings (SSSR count). The first kappa shape index (κ1) is 18.6. The number of nitrogens with one attached hydrogen (secondary N) is 2. The Balaban J connectivity index is 1.92. The molecular weight excluding hydrogens is 404 g/mol. The maximum absolute atomic E-state index is 12.7. The molecule has 8 heteroatoms. The van der Waals surface area contributed by atoms with Crippen LogP contribution in [-0.4, -0.2) is 25.4 Å². The topological polar surface area (TPSA) is 85.9 Å². The molecule has 2 N–H and O–H groups in total. The van der Waals surface area contributed by atoms with Crippen molar-refractivity contribution >= 4 is 27.9 Å². The summed E-state index contributed by atoms with van der Waals surface area (Å²) < 4.78 is 16.9. The molecule has 140 valence electrons. The van der Waals surface area contributed by atoms with Crippen molar-refractivity contribution in [3.63, 3.8) is 0 Å². The smallest absolute Gasteiger partial charge is 0.338 e. The largest absolute Gasteiger partial charge is 0.462 e. The van der Waals surface area contributed by atoms with Crippen molar-refractivity contribution in [2.45, 2.75) is 33.2 Å². The van der Waals surface area contributed by atoms with E-state index in [9.17, 15) is 9.59 Å². The lowest BCUT2D eigenvalue weighted by Crippen LogP contribution is -2.45. The van der Waals surface area contributed by atoms with Crippen molar-refractivity contribution in [1.29, 1.82) is 0 Å². The van der Waals surface area contributed by atoms with Crippen LogP contribution in [0.4, 0.5) is 4.79 Å². The summed E-state index contributed by atoms with van der Waals surface area (Å²) >= 11 is 3.49. The van der Waals surface area contributed by atoms with Gasteiger partial charge in [-0.25, -0.2) is 9.59 Å². The predicted molar refractivity (Wildman–Crippen MR) is 97.8 cm³/mol. The Labute approximate surface area is 160 Å². The Morgan fingerprint density at radius 1 is 1.35 bits per heavy atom. The minimum absolute atomic E-state index is 0.142. The number of fused-ring (bicyclic) bond motifs is 1. The molecule has 7 nitrogen and oxygen atoms in total. The van der Waals surface area contributed by atoms with Crippen molar-refractivity contribution < 1.29 is 23.8 Å². The van der Waals surface area contributed by atoms with Crippen LogP contribution in [0.15, 0.2) is 27.9 Å². The molecule has 2 heterocycles. The highest BCUT2D eigenvalue weighted by Gasteiger charge is 2.34. The number of allylic oxidation sites excluding steroid dienone is 1. The molecule has 2 aliphatic rings. The van der Waals surface area contributed by atoms with Gasteiger partial charge in [0, 0.05) is 10.2 Å². The SMILES string of the molecule is CC1=C(C(=O)OCCC(C)C)[C@H](c2cc3c(cc2Br)OCO3)NC(=O)N1. The van der Waals surface area contributed by atoms with Gasteiger partial charge in [-0.15, -0.1) is 0 Å². The van der Waals surface area contributed by atoms with E-state index in [1.807, 2.05) is 0 Å². The standard InChI is InChI=1S/C18H21BrN2O5/c1-9(2)4-5-24-17(22)15-10(3)20-18(23)21-16(15)11-6-13-14(7-12(11)19)26-8-25-13/h6-7,9,16H,4-5,8H2,1-3H3,(H2,20,21,23)/t16-/m0/s1. The van der Waals surface area contributed by atoms with E-state index in [2.05, 4.69) is 40.4 Å². The number of benzene rings is 1. The van der Waals surface area contributed by atoms with Gasteiger partial charge >= 0.3 is 12.0 Å². The van der Waals surface area contributed by atoms with Gasteiger partial charge in [-0.3, -0.25) is 0 Å². The molecule has 1 atom stereocenters. The highest BCUT2D eigenvalue weighted by atomic mass is 79.9. The molecule has 0 saturated carbocycles. The molecule has 0 fully saturated rings. The lowest BCUT2D eigenvalue weighted by Gasteiger charge is -2.29. The maximum Gasteiger partial charge on any atom is 0.338 e. The molecule has 2 amide bonds. The Kier molecular flexibility index (Phi) is 5.41. The second kappa shape index (κ2) is 7.57. The number of ether oxygens (including phenoxy) is 3. The fourth-order valence-corrected chi connectivity index (χ4v) is 3.37. The summed E-state index contributed by atoms with van der Waals surface area (Å²) in [5, 5.41) is 5.43. The van der Waals surface area contributed by atoms with Crippen molar-refractivity contribution in [2.24, 2.45) is 5.92 Å². The lowest BCUT2D eigenvalue weighted by molar-refractivity contribution is -0.139. The van der Waals surface area contributed by atoms with Crippen LogP contribution in [0.5, 0.6) is 11.5 Å². The summed E-state index contributed by atoms with van der Waals surface area (Å²) in [4.78, 5) is 24.7. The average Bonchev–Trinajstić information content (AvgIpc) is 2.99. The van der Waals surface area contributed by atoms with Crippen molar-refractivity contribution in [2.75, 3.05) is 13.4 Å². The van der Waals surface area contributed by atoms with Gasteiger partial charge in [-0.2, -0.15) is 0 Å². The minimum atomic E-state index is -0.654. The van der Waals surface area contributed by atoms with Gasteiger partial charge in [-0.1, -0.05) is 29.8 Å². The predicted octanol–water partition coefficient (Wildman–Crippen LogP) is 3.40. The van der Waals surface area contributed by atoms with Crippen molar-refractivity contribution in [3.8, 4) is 11.5 Å². The summed E-state index contributed by atoms with van der Waals surface area (Å²) in [5.41, 5.74) is 1.53. The molecule has 0 saturated heterocycles. The highest BCUT2D eigenvalue weighted by molar-refractivity contribution is 9.10. The second-order valence-corrected chi connectivity index (χ2v) is 7.47. The summed E-state index contributed by atoms with van der Waals surface area (Å²) in [5.74, 6) is 1.16. The first-order valence-corrected chi connectivity index (χ1v) is 9.20. The van der Waals surface area contributed by atoms with Crippen molar-refractivity contribution in [3.05, 3.63) is 33.4 Å². The molecule has 1 aromatic rings. The third-order valence-electron chi connectivity index (χ3n) is 4.22. The fraction of sp³-hybridized carbons (Fsp3) is 0.444. The monoisotopic (exact) mass is 424 g/mol. The molecule has 0 aliphatic carbocycles. The first-order chi connectivity index (χ1) is 12.4. The average molecular weight is 425 g/mol. The molecule has 0 aromatic heterocycles. The van der Waals surface area contributed by atoms with Gasteiger partial charge in [0.15, 0.2) is 11.5 Å². The van der Waals surface area contributed by atoms with Crippen LogP contribution in [0.1, 0.15) is 38.8 Å². The van der Waals surface area contributed by atoms with Gasteiger partial charge in [-0.05, 0) is 37.0 Å². The zero-order chi connectivity index (χ0) is 18.8. The van der Waals surface area contributed by atoms with E-state index < -0.39 is 12.0 Å². The van der Waals surface area contributed by atoms with Crippen LogP contribution in [0.2, 0.25) is 0 Å². The molecule has 0 unspecified atom stereocenters. The summed E-state index contributed by atoms with van der Waals surface area (Å²) in [6, 6.07) is 2.50. The molecular formula is C18H21BrN2O5. The number of hydrogen-bond acceptors (Lipinski definition) is 5. The number of hydrogen-bond donors (Lipinski definition) is 2. The minimum Gasteiger partial charge on any atom is -0.462 e. The number of carbonyl (C=O) groups is 2. The molecule has 0 spiro atoms. The van der Waals surface area contributed by atoms with Gasteiger partial charge in [0.05, 0.1) is 18.2 Å².